The number of amidine groups is 1. The Hall–Kier alpha value is -2.81. The van der Waals surface area contributed by atoms with Crippen LogP contribution in [0.1, 0.15) is 11.1 Å². The molecule has 1 aliphatic heterocycles. The lowest BCUT2D eigenvalue weighted by Gasteiger charge is -2.20. The minimum absolute atomic E-state index is 0.282. The molecule has 0 saturated heterocycles. The summed E-state index contributed by atoms with van der Waals surface area (Å²) in [7, 11) is 0. The molecule has 1 aromatic rings. The van der Waals surface area contributed by atoms with Gasteiger partial charge in [0.05, 0.1) is 0 Å². The quantitative estimate of drug-likeness (QED) is 0.520. The molecule has 7 N–H and O–H groups in total. The summed E-state index contributed by atoms with van der Waals surface area (Å²) in [6.07, 6.45) is 1.88. The second kappa shape index (κ2) is 6.97. The van der Waals surface area contributed by atoms with Crippen molar-refractivity contribution in [3.8, 4) is 0 Å². The maximum Gasteiger partial charge on any atom is 0.295 e. The molecule has 0 radical (unpaired) electrons. The molecule has 1 unspecified atom stereocenters. The molecular formula is C14H17F2N7. The SMILES string of the molecule is Cc1cc(NC2=CC(N)N=C(C(F)F)N2)ncc1/C(C=N)=C/N. The fourth-order valence-corrected chi connectivity index (χ4v) is 2.04. The Morgan fingerprint density at radius 3 is 2.83 bits per heavy atom. The number of aryl methyl sites for hydroxylation is 1. The van der Waals surface area contributed by atoms with E-state index >= 15 is 0 Å². The van der Waals surface area contributed by atoms with Gasteiger partial charge in [0.1, 0.15) is 17.8 Å². The molecule has 0 fully saturated rings. The zero-order valence-corrected chi connectivity index (χ0v) is 12.3. The molecule has 7 nitrogen and oxygen atoms in total. The van der Waals surface area contributed by atoms with Crippen LogP contribution in [0.4, 0.5) is 14.6 Å². The summed E-state index contributed by atoms with van der Waals surface area (Å²) in [4.78, 5) is 7.79. The zero-order valence-electron chi connectivity index (χ0n) is 12.3. The number of aromatic nitrogens is 1. The van der Waals surface area contributed by atoms with Crippen LogP contribution in [0.5, 0.6) is 0 Å². The number of aliphatic imine (C=N–C) groups is 1. The molecule has 0 bridgehead atoms. The van der Waals surface area contributed by atoms with Crippen molar-refractivity contribution in [2.75, 3.05) is 5.32 Å². The third-order valence-corrected chi connectivity index (χ3v) is 3.11. The summed E-state index contributed by atoms with van der Waals surface area (Å²) in [5.74, 6) is 0.228. The number of anilines is 1. The smallest absolute Gasteiger partial charge is 0.295 e. The van der Waals surface area contributed by atoms with Gasteiger partial charge in [-0.1, -0.05) is 0 Å². The van der Waals surface area contributed by atoms with E-state index in [0.29, 0.717) is 17.0 Å². The van der Waals surface area contributed by atoms with Gasteiger partial charge >= 0.3 is 0 Å². The maximum atomic E-state index is 12.7. The largest absolute Gasteiger partial charge is 0.404 e. The first-order valence-electron chi connectivity index (χ1n) is 6.71. The van der Waals surface area contributed by atoms with Crippen LogP contribution in [0.3, 0.4) is 0 Å². The topological polar surface area (TPSA) is 125 Å². The normalized spacial score (nSPS) is 18.1. The van der Waals surface area contributed by atoms with Gasteiger partial charge in [0.2, 0.25) is 0 Å². The highest BCUT2D eigenvalue weighted by Gasteiger charge is 2.20. The Bertz CT molecular complexity index is 694. The number of pyridine rings is 1. The Kier molecular flexibility index (Phi) is 5.02. The second-order valence-corrected chi connectivity index (χ2v) is 4.79. The van der Waals surface area contributed by atoms with E-state index in [-0.39, 0.29) is 5.82 Å². The fourth-order valence-electron chi connectivity index (χ4n) is 2.04. The van der Waals surface area contributed by atoms with E-state index in [9.17, 15) is 8.78 Å². The Morgan fingerprint density at radius 1 is 1.52 bits per heavy atom. The van der Waals surface area contributed by atoms with Crippen molar-refractivity contribution in [2.45, 2.75) is 19.5 Å². The number of allylic oxidation sites excluding steroid dienone is 1. The van der Waals surface area contributed by atoms with Crippen LogP contribution in [0.15, 0.2) is 35.4 Å². The fraction of sp³-hybridized carbons (Fsp3) is 0.214. The Balaban J connectivity index is 2.19. The van der Waals surface area contributed by atoms with Gasteiger partial charge in [0, 0.05) is 29.7 Å². The molecule has 0 aliphatic carbocycles. The minimum atomic E-state index is -2.74. The molecule has 2 rings (SSSR count). The lowest BCUT2D eigenvalue weighted by Crippen LogP contribution is -2.39. The summed E-state index contributed by atoms with van der Waals surface area (Å²) in [5.41, 5.74) is 13.1. The van der Waals surface area contributed by atoms with E-state index in [4.69, 9.17) is 16.9 Å². The maximum absolute atomic E-state index is 12.7. The van der Waals surface area contributed by atoms with Gasteiger partial charge in [-0.25, -0.2) is 18.8 Å². The standard InChI is InChI=1S/C14H17F2N7/c1-7-2-11(20-6-9(7)8(4-17)5-18)22-12-3-10(19)21-14(23-12)13(15)16/h2-6,10,13,17H,18-19H2,1H3,(H,20,22)(H,21,23)/b8-5+,17-4?. The Labute approximate surface area is 131 Å². The molecule has 122 valence electrons. The number of halogens is 2. The van der Waals surface area contributed by atoms with Crippen LogP contribution in [0, 0.1) is 12.3 Å². The number of rotatable bonds is 5. The molecule has 0 amide bonds. The number of nitrogens with zero attached hydrogens (tertiary/aromatic N) is 2. The van der Waals surface area contributed by atoms with E-state index in [1.165, 1.54) is 12.3 Å². The van der Waals surface area contributed by atoms with Gasteiger partial charge < -0.3 is 27.5 Å². The lowest BCUT2D eigenvalue weighted by molar-refractivity contribution is 0.220. The highest BCUT2D eigenvalue weighted by molar-refractivity contribution is 6.08. The molecule has 0 aromatic carbocycles. The van der Waals surface area contributed by atoms with Gasteiger partial charge in [0.25, 0.3) is 6.43 Å². The summed E-state index contributed by atoms with van der Waals surface area (Å²) >= 11 is 0. The van der Waals surface area contributed by atoms with Crippen LogP contribution in [-0.2, 0) is 0 Å². The highest BCUT2D eigenvalue weighted by atomic mass is 19.3. The lowest BCUT2D eigenvalue weighted by atomic mass is 10.0. The minimum Gasteiger partial charge on any atom is -0.404 e. The van der Waals surface area contributed by atoms with Crippen molar-refractivity contribution in [3.05, 3.63) is 41.5 Å². The van der Waals surface area contributed by atoms with Gasteiger partial charge in [0.15, 0.2) is 5.84 Å². The number of hydrogen-bond donors (Lipinski definition) is 5. The van der Waals surface area contributed by atoms with Crippen molar-refractivity contribution >= 4 is 23.4 Å². The van der Waals surface area contributed by atoms with Gasteiger partial charge in [-0.05, 0) is 24.6 Å². The monoisotopic (exact) mass is 321 g/mol. The van der Waals surface area contributed by atoms with Crippen molar-refractivity contribution in [1.29, 1.82) is 5.41 Å². The predicted molar refractivity (Wildman–Crippen MR) is 86.2 cm³/mol. The molecule has 1 atom stereocenters. The van der Waals surface area contributed by atoms with Crippen LogP contribution < -0.4 is 22.1 Å². The van der Waals surface area contributed by atoms with Crippen molar-refractivity contribution in [3.63, 3.8) is 0 Å². The first-order valence-corrected chi connectivity index (χ1v) is 6.71. The van der Waals surface area contributed by atoms with Crippen LogP contribution in [-0.4, -0.2) is 29.6 Å². The molecule has 1 aromatic heterocycles. The number of nitrogens with two attached hydrogens (primary N) is 2. The van der Waals surface area contributed by atoms with Gasteiger partial charge in [-0.15, -0.1) is 0 Å². The molecule has 2 heterocycles. The first-order chi connectivity index (χ1) is 10.9. The van der Waals surface area contributed by atoms with E-state index in [2.05, 4.69) is 20.6 Å². The van der Waals surface area contributed by atoms with Crippen LogP contribution in [0.25, 0.3) is 5.57 Å². The molecule has 9 heteroatoms. The predicted octanol–water partition coefficient (Wildman–Crippen LogP) is 1.14. The number of alkyl halides is 2. The molecule has 0 spiro atoms. The summed E-state index contributed by atoms with van der Waals surface area (Å²) in [5, 5.41) is 12.7. The molecular weight excluding hydrogens is 304 g/mol. The van der Waals surface area contributed by atoms with Crippen molar-refractivity contribution in [1.82, 2.24) is 10.3 Å². The van der Waals surface area contributed by atoms with E-state index in [0.717, 1.165) is 11.8 Å². The van der Waals surface area contributed by atoms with E-state index in [1.54, 1.807) is 12.3 Å². The number of nitrogens with one attached hydrogen (secondary N) is 3. The molecule has 1 aliphatic rings. The highest BCUT2D eigenvalue weighted by Crippen LogP contribution is 2.19. The summed E-state index contributed by atoms with van der Waals surface area (Å²) < 4.78 is 25.5. The van der Waals surface area contributed by atoms with E-state index in [1.807, 2.05) is 6.92 Å². The summed E-state index contributed by atoms with van der Waals surface area (Å²) in [6.45, 7) is 1.83. The average Bonchev–Trinajstić information content (AvgIpc) is 2.49. The van der Waals surface area contributed by atoms with Gasteiger partial charge in [-0.2, -0.15) is 0 Å². The van der Waals surface area contributed by atoms with Crippen LogP contribution in [0.2, 0.25) is 0 Å². The van der Waals surface area contributed by atoms with Gasteiger partial charge in [-0.3, -0.25) is 0 Å². The molecule has 23 heavy (non-hydrogen) atoms. The second-order valence-electron chi connectivity index (χ2n) is 4.79. The summed E-state index contributed by atoms with van der Waals surface area (Å²) in [6, 6.07) is 1.71. The first kappa shape index (κ1) is 16.6. The van der Waals surface area contributed by atoms with Crippen molar-refractivity contribution < 1.29 is 8.78 Å². The third-order valence-electron chi connectivity index (χ3n) is 3.11. The third kappa shape index (κ3) is 3.89. The van der Waals surface area contributed by atoms with Crippen molar-refractivity contribution in [2.24, 2.45) is 16.5 Å². The molecule has 0 saturated carbocycles. The average molecular weight is 321 g/mol. The number of hydrogen-bond acceptors (Lipinski definition) is 7. The van der Waals surface area contributed by atoms with E-state index < -0.39 is 18.4 Å². The Morgan fingerprint density at radius 2 is 2.26 bits per heavy atom. The van der Waals surface area contributed by atoms with Crippen LogP contribution >= 0.6 is 0 Å². The zero-order chi connectivity index (χ0) is 17.0.